The number of hydrogen-bond acceptors (Lipinski definition) is 1. The van der Waals surface area contributed by atoms with Crippen molar-refractivity contribution in [3.8, 4) is 0 Å². The minimum absolute atomic E-state index is 0.810. The van der Waals surface area contributed by atoms with Crippen LogP contribution in [0.4, 0.5) is 0 Å². The van der Waals surface area contributed by atoms with E-state index in [4.69, 9.17) is 0 Å². The molecule has 0 bridgehead atoms. The maximum absolute atomic E-state index is 3.36. The zero-order valence-corrected chi connectivity index (χ0v) is 18.7. The third-order valence-electron chi connectivity index (χ3n) is 4.99. The van der Waals surface area contributed by atoms with E-state index in [2.05, 4.69) is 52.9 Å². The van der Waals surface area contributed by atoms with Gasteiger partial charge in [-0.25, -0.2) is 0 Å². The van der Waals surface area contributed by atoms with Crippen LogP contribution in [0.3, 0.4) is 0 Å². The van der Waals surface area contributed by atoms with Crippen LogP contribution in [0.2, 0.25) is 0 Å². The Balaban J connectivity index is 0. The van der Waals surface area contributed by atoms with Gasteiger partial charge >= 0.3 is 0 Å². The van der Waals surface area contributed by atoms with Gasteiger partial charge in [-0.3, -0.25) is 0 Å². The highest BCUT2D eigenvalue weighted by atomic mass is 15.1. The molecule has 1 N–H and O–H groups in total. The molecule has 2 rings (SSSR count). The maximum Gasteiger partial charge on any atom is 0.0193 e. The molecular weight excluding hydrogens is 290 g/mol. The molecule has 1 saturated carbocycles. The minimum Gasteiger partial charge on any atom is -0.311 e. The summed E-state index contributed by atoms with van der Waals surface area (Å²) in [6.45, 7) is 23.0. The van der Waals surface area contributed by atoms with Crippen molar-refractivity contribution in [1.29, 1.82) is 0 Å². The predicted octanol–water partition coefficient (Wildman–Crippen LogP) is 7.47. The zero-order valence-electron chi connectivity index (χ0n) is 18.7. The van der Waals surface area contributed by atoms with E-state index in [1.54, 1.807) is 5.57 Å². The van der Waals surface area contributed by atoms with Crippen molar-refractivity contribution in [1.82, 2.24) is 5.32 Å². The van der Waals surface area contributed by atoms with Crippen LogP contribution >= 0.6 is 0 Å². The second-order valence-electron chi connectivity index (χ2n) is 7.63. The number of nitrogens with one attached hydrogen (secondary N) is 1. The van der Waals surface area contributed by atoms with Gasteiger partial charge < -0.3 is 5.32 Å². The molecule has 2 fully saturated rings. The average Bonchev–Trinajstić information content (AvgIpc) is 3.39. The van der Waals surface area contributed by atoms with Crippen LogP contribution in [0.25, 0.3) is 0 Å². The van der Waals surface area contributed by atoms with Gasteiger partial charge in [0, 0.05) is 12.6 Å². The molecule has 0 aromatic carbocycles. The Morgan fingerprint density at radius 1 is 1.04 bits per heavy atom. The fourth-order valence-corrected chi connectivity index (χ4v) is 2.68. The molecule has 24 heavy (non-hydrogen) atoms. The summed E-state index contributed by atoms with van der Waals surface area (Å²) >= 11 is 0. The van der Waals surface area contributed by atoms with Crippen molar-refractivity contribution < 1.29 is 0 Å². The monoisotopic (exact) mass is 339 g/mol. The highest BCUT2D eigenvalue weighted by molar-refractivity contribution is 5.13. The lowest BCUT2D eigenvalue weighted by molar-refractivity contribution is 0.407. The van der Waals surface area contributed by atoms with Crippen molar-refractivity contribution >= 4 is 0 Å². The summed E-state index contributed by atoms with van der Waals surface area (Å²) in [7, 11) is 0. The lowest BCUT2D eigenvalue weighted by Crippen LogP contribution is -2.11. The Kier molecular flexibility index (Phi) is 17.5. The van der Waals surface area contributed by atoms with Crippen LogP contribution in [-0.4, -0.2) is 12.6 Å². The molecule has 1 aliphatic heterocycles. The Morgan fingerprint density at radius 3 is 1.83 bits per heavy atom. The molecule has 3 atom stereocenters. The van der Waals surface area contributed by atoms with Crippen LogP contribution in [-0.2, 0) is 0 Å². The summed E-state index contributed by atoms with van der Waals surface area (Å²) < 4.78 is 0. The lowest BCUT2D eigenvalue weighted by Gasteiger charge is -2.26. The third kappa shape index (κ3) is 14.1. The quantitative estimate of drug-likeness (QED) is 0.393. The number of allylic oxidation sites excluding steroid dienone is 2. The molecule has 0 aromatic rings. The smallest absolute Gasteiger partial charge is 0.0193 e. The molecule has 0 aromatic heterocycles. The molecule has 0 spiro atoms. The van der Waals surface area contributed by atoms with Crippen molar-refractivity contribution in [3.05, 3.63) is 11.6 Å². The van der Waals surface area contributed by atoms with Gasteiger partial charge in [0.05, 0.1) is 0 Å². The molecule has 1 aliphatic carbocycles. The molecule has 146 valence electrons. The molecule has 1 saturated heterocycles. The number of hydrogen-bond donors (Lipinski definition) is 1. The molecule has 0 amide bonds. The Labute approximate surface area is 155 Å². The standard InChI is InChI=1S/C12H21N.C7H16.2C2H6/c1-9(3-4-12-8-13-12)5-11-6-10(2)7-11;1-5-7(4)6(2)3;2*1-2/h5,9-10,12-13H,3-4,6-8H2,1-2H3;6-7H,5H2,1-4H3;2*1-2H3. The van der Waals surface area contributed by atoms with Crippen LogP contribution < -0.4 is 5.32 Å². The Hall–Kier alpha value is -0.300. The van der Waals surface area contributed by atoms with E-state index in [9.17, 15) is 0 Å². The van der Waals surface area contributed by atoms with Crippen LogP contribution in [0.1, 0.15) is 101 Å². The fourth-order valence-electron chi connectivity index (χ4n) is 2.68. The normalized spacial score (nSPS) is 23.2. The van der Waals surface area contributed by atoms with E-state index in [1.165, 1.54) is 38.6 Å². The Bertz CT molecular complexity index is 280. The third-order valence-corrected chi connectivity index (χ3v) is 4.99. The minimum atomic E-state index is 0.810. The van der Waals surface area contributed by atoms with Gasteiger partial charge in [0.2, 0.25) is 0 Å². The zero-order chi connectivity index (χ0) is 19.1. The highest BCUT2D eigenvalue weighted by Gasteiger charge is 2.21. The SMILES string of the molecule is CC.CC.CC(C=C1CC(C)C1)CCC1CN1.CCC(C)C(C)C. The van der Waals surface area contributed by atoms with E-state index in [1.807, 2.05) is 27.7 Å². The molecule has 1 heterocycles. The molecular formula is C23H49N. The van der Waals surface area contributed by atoms with E-state index in [-0.39, 0.29) is 0 Å². The van der Waals surface area contributed by atoms with Crippen molar-refractivity contribution in [2.75, 3.05) is 6.54 Å². The molecule has 0 radical (unpaired) electrons. The van der Waals surface area contributed by atoms with Crippen LogP contribution in [0.15, 0.2) is 11.6 Å². The second kappa shape index (κ2) is 16.2. The lowest BCUT2D eigenvalue weighted by atomic mass is 9.80. The highest BCUT2D eigenvalue weighted by Crippen LogP contribution is 2.33. The van der Waals surface area contributed by atoms with Gasteiger partial charge in [-0.2, -0.15) is 0 Å². The first-order chi connectivity index (χ1) is 11.4. The van der Waals surface area contributed by atoms with Gasteiger partial charge in [-0.05, 0) is 49.4 Å². The van der Waals surface area contributed by atoms with Gasteiger partial charge in [0.1, 0.15) is 0 Å². The van der Waals surface area contributed by atoms with E-state index >= 15 is 0 Å². The number of rotatable bonds is 6. The fraction of sp³-hybridized carbons (Fsp3) is 0.913. The van der Waals surface area contributed by atoms with Crippen molar-refractivity contribution in [2.45, 2.75) is 107 Å². The van der Waals surface area contributed by atoms with Crippen LogP contribution in [0.5, 0.6) is 0 Å². The van der Waals surface area contributed by atoms with Gasteiger partial charge in [-0.15, -0.1) is 0 Å². The molecule has 2 aliphatic rings. The summed E-state index contributed by atoms with van der Waals surface area (Å²) in [4.78, 5) is 0. The van der Waals surface area contributed by atoms with Gasteiger partial charge in [0.15, 0.2) is 0 Å². The Morgan fingerprint density at radius 2 is 1.54 bits per heavy atom. The maximum atomic E-state index is 3.36. The second-order valence-corrected chi connectivity index (χ2v) is 7.63. The van der Waals surface area contributed by atoms with Gasteiger partial charge in [-0.1, -0.05) is 87.3 Å². The predicted molar refractivity (Wildman–Crippen MR) is 114 cm³/mol. The topological polar surface area (TPSA) is 21.9 Å². The first kappa shape index (κ1) is 25.9. The summed E-state index contributed by atoms with van der Waals surface area (Å²) in [5, 5.41) is 3.36. The van der Waals surface area contributed by atoms with Gasteiger partial charge in [0.25, 0.3) is 0 Å². The van der Waals surface area contributed by atoms with Crippen LogP contribution in [0, 0.1) is 23.7 Å². The summed E-state index contributed by atoms with van der Waals surface area (Å²) in [5.41, 5.74) is 1.71. The average molecular weight is 340 g/mol. The molecule has 1 nitrogen and oxygen atoms in total. The van der Waals surface area contributed by atoms with Crippen molar-refractivity contribution in [2.24, 2.45) is 23.7 Å². The summed E-state index contributed by atoms with van der Waals surface area (Å²) in [6, 6.07) is 0.862. The first-order valence-electron chi connectivity index (χ1n) is 10.8. The summed E-state index contributed by atoms with van der Waals surface area (Å²) in [6.07, 6.45) is 9.31. The van der Waals surface area contributed by atoms with E-state index < -0.39 is 0 Å². The summed E-state index contributed by atoms with van der Waals surface area (Å²) in [5.74, 6) is 3.54. The first-order valence-corrected chi connectivity index (χ1v) is 10.8. The molecule has 1 heteroatoms. The largest absolute Gasteiger partial charge is 0.311 e. The molecule has 3 unspecified atom stereocenters. The van der Waals surface area contributed by atoms with E-state index in [0.717, 1.165) is 29.7 Å². The van der Waals surface area contributed by atoms with Crippen molar-refractivity contribution in [3.63, 3.8) is 0 Å². The van der Waals surface area contributed by atoms with E-state index in [0.29, 0.717) is 0 Å².